The van der Waals surface area contributed by atoms with E-state index in [1.807, 2.05) is 0 Å². The molecule has 19 heteroatoms. The molecule has 0 aliphatic heterocycles. The smallest absolute Gasteiger partial charge is 0.614 e. The van der Waals surface area contributed by atoms with Crippen LogP contribution in [-0.4, -0.2) is 14.7 Å². The minimum atomic E-state index is -6.35. The maximum Gasteiger partial charge on any atom is 1.00 e. The van der Waals surface area contributed by atoms with Gasteiger partial charge in [-0.1, -0.05) is 107 Å². The standard InChI is InChI=1S/C36H15BF15OSi.Li/c38-22-19(23(39)29(45)34(50)28(22)44)37(20-24(40)30(46)35(51)31(47)25(20)41,21-26(42)32(48)36(52)33(49)27(21)43)53-54(16-10-4-1-5-11-16,17-12-6-2-7-13-17)18-14-8-3-9-15-18;/h1-15H;/q-1;+1. The van der Waals surface area contributed by atoms with Gasteiger partial charge in [0.1, 0.15) is 34.9 Å². The van der Waals surface area contributed by atoms with Crippen LogP contribution >= 0.6 is 0 Å². The average molecular weight is 794 g/mol. The first kappa shape index (κ1) is 41.3. The summed E-state index contributed by atoms with van der Waals surface area (Å²) in [6.07, 6.45) is -6.35. The van der Waals surface area contributed by atoms with E-state index in [9.17, 15) is 13.2 Å². The Balaban J connectivity index is 0.00000580. The number of hydrogen-bond acceptors (Lipinski definition) is 1. The first-order valence-corrected chi connectivity index (χ1v) is 17.0. The molecular formula is C36H15BF15LiOSi. The van der Waals surface area contributed by atoms with E-state index in [1.165, 1.54) is 54.6 Å². The van der Waals surface area contributed by atoms with Gasteiger partial charge in [-0.15, -0.1) is 0 Å². The van der Waals surface area contributed by atoms with Gasteiger partial charge in [-0.3, -0.25) is 0 Å². The Kier molecular flexibility index (Phi) is 11.5. The molecule has 0 atom stereocenters. The van der Waals surface area contributed by atoms with E-state index < -0.39 is 118 Å². The van der Waals surface area contributed by atoms with Gasteiger partial charge in [0.25, 0.3) is 0 Å². The van der Waals surface area contributed by atoms with Gasteiger partial charge in [-0.25, -0.2) is 65.9 Å². The minimum absolute atomic E-state index is 0. The minimum Gasteiger partial charge on any atom is -0.614 e. The van der Waals surface area contributed by atoms with E-state index >= 15 is 52.7 Å². The second kappa shape index (κ2) is 15.3. The van der Waals surface area contributed by atoms with Crippen LogP contribution in [0, 0.1) is 87.3 Å². The van der Waals surface area contributed by atoms with Crippen molar-refractivity contribution in [3.05, 3.63) is 178 Å². The predicted molar refractivity (Wildman–Crippen MR) is 168 cm³/mol. The summed E-state index contributed by atoms with van der Waals surface area (Å²) in [5.74, 6) is -46.7. The Morgan fingerprint density at radius 3 is 0.673 bits per heavy atom. The third-order valence-corrected chi connectivity index (χ3v) is 13.0. The first-order valence-electron chi connectivity index (χ1n) is 15.1. The van der Waals surface area contributed by atoms with Crippen LogP contribution in [0.3, 0.4) is 0 Å². The number of halogens is 15. The molecule has 0 unspecified atom stereocenters. The molecule has 0 saturated heterocycles. The van der Waals surface area contributed by atoms with Crippen LogP contribution in [0.4, 0.5) is 65.9 Å². The normalized spacial score (nSPS) is 11.8. The van der Waals surface area contributed by atoms with Crippen LogP contribution in [0.25, 0.3) is 0 Å². The average Bonchev–Trinajstić information content (AvgIpc) is 3.19. The fourth-order valence-corrected chi connectivity index (χ4v) is 10.8. The summed E-state index contributed by atoms with van der Waals surface area (Å²) < 4.78 is 240. The van der Waals surface area contributed by atoms with Crippen molar-refractivity contribution in [2.45, 2.75) is 0 Å². The van der Waals surface area contributed by atoms with Gasteiger partial charge < -0.3 is 4.34 Å². The monoisotopic (exact) mass is 794 g/mol. The molecule has 278 valence electrons. The van der Waals surface area contributed by atoms with Gasteiger partial charge in [-0.2, -0.15) is 0 Å². The number of rotatable bonds is 8. The summed E-state index contributed by atoms with van der Waals surface area (Å²) >= 11 is 0. The summed E-state index contributed by atoms with van der Waals surface area (Å²) in [6, 6.07) is 18.4. The Morgan fingerprint density at radius 1 is 0.291 bits per heavy atom. The fraction of sp³-hybridized carbons (Fsp3) is 0. The number of benzene rings is 6. The maximum atomic E-state index is 16.4. The predicted octanol–water partition coefficient (Wildman–Crippen LogP) is 3.43. The topological polar surface area (TPSA) is 9.23 Å². The summed E-state index contributed by atoms with van der Waals surface area (Å²) in [4.78, 5) is 0. The molecule has 0 fully saturated rings. The van der Waals surface area contributed by atoms with Gasteiger partial charge in [0.05, 0.1) is 0 Å². The molecule has 0 aliphatic rings. The molecular weight excluding hydrogens is 779 g/mol. The zero-order valence-electron chi connectivity index (χ0n) is 27.3. The summed E-state index contributed by atoms with van der Waals surface area (Å²) in [7, 11) is -5.38. The molecule has 0 saturated carbocycles. The Hall–Kier alpha value is -4.89. The zero-order valence-corrected chi connectivity index (χ0v) is 28.3. The van der Waals surface area contributed by atoms with E-state index in [-0.39, 0.29) is 34.4 Å². The zero-order chi connectivity index (χ0) is 39.4. The molecule has 0 amide bonds. The van der Waals surface area contributed by atoms with E-state index in [2.05, 4.69) is 0 Å². The van der Waals surface area contributed by atoms with Gasteiger partial charge in [0.2, 0.25) is 14.7 Å². The van der Waals surface area contributed by atoms with Crippen LogP contribution in [0.2, 0.25) is 0 Å². The van der Waals surface area contributed by atoms with Crippen molar-refractivity contribution >= 4 is 46.6 Å². The van der Waals surface area contributed by atoms with Crippen LogP contribution in [0.5, 0.6) is 0 Å². The summed E-state index contributed by atoms with van der Waals surface area (Å²) in [6.45, 7) is 0. The van der Waals surface area contributed by atoms with Crippen molar-refractivity contribution < 1.29 is 89.1 Å². The molecule has 6 aromatic rings. The van der Waals surface area contributed by atoms with Gasteiger partial charge in [0, 0.05) is 0 Å². The van der Waals surface area contributed by atoms with E-state index in [0.717, 1.165) is 36.4 Å². The third kappa shape index (κ3) is 6.15. The molecule has 6 rings (SSSR count). The van der Waals surface area contributed by atoms with Crippen LogP contribution < -0.4 is 50.8 Å². The molecule has 0 radical (unpaired) electrons. The Morgan fingerprint density at radius 2 is 0.473 bits per heavy atom. The number of hydrogen-bond donors (Lipinski definition) is 0. The summed E-state index contributed by atoms with van der Waals surface area (Å²) in [5.41, 5.74) is -8.55. The van der Waals surface area contributed by atoms with Crippen LogP contribution in [-0.2, 0) is 4.34 Å². The second-order valence-electron chi connectivity index (χ2n) is 11.6. The molecule has 0 heterocycles. The van der Waals surface area contributed by atoms with Crippen molar-refractivity contribution in [3.8, 4) is 0 Å². The quantitative estimate of drug-likeness (QED) is 0.0756. The van der Waals surface area contributed by atoms with Crippen molar-refractivity contribution in [2.75, 3.05) is 0 Å². The van der Waals surface area contributed by atoms with Crippen molar-refractivity contribution in [1.82, 2.24) is 0 Å². The molecule has 55 heavy (non-hydrogen) atoms. The van der Waals surface area contributed by atoms with Gasteiger partial charge in [0.15, 0.2) is 52.4 Å². The molecule has 0 bridgehead atoms. The second-order valence-corrected chi connectivity index (χ2v) is 15.0. The summed E-state index contributed by atoms with van der Waals surface area (Å²) in [5, 5.41) is -0.819. The molecule has 6 aromatic carbocycles. The molecule has 0 aliphatic carbocycles. The Labute approximate surface area is 313 Å². The van der Waals surface area contributed by atoms with Gasteiger partial charge >= 0.3 is 18.9 Å². The van der Waals surface area contributed by atoms with E-state index in [0.29, 0.717) is 0 Å². The van der Waals surface area contributed by atoms with Crippen molar-refractivity contribution in [3.63, 3.8) is 0 Å². The van der Waals surface area contributed by atoms with Crippen molar-refractivity contribution in [1.29, 1.82) is 0 Å². The molecule has 0 aromatic heterocycles. The first-order chi connectivity index (χ1) is 25.5. The third-order valence-electron chi connectivity index (χ3n) is 8.85. The van der Waals surface area contributed by atoms with E-state index in [1.54, 1.807) is 0 Å². The van der Waals surface area contributed by atoms with Crippen molar-refractivity contribution in [2.24, 2.45) is 0 Å². The maximum absolute atomic E-state index is 16.4. The SMILES string of the molecule is Fc1c(F)c(F)c([B-](O[Si](c2ccccc2)(c2ccccc2)c2ccccc2)(c2c(F)c(F)c(F)c(F)c2F)c2c(F)c(F)c(F)c(F)c2F)c(F)c1F.[Li+]. The van der Waals surface area contributed by atoms with E-state index in [4.69, 9.17) is 4.34 Å². The van der Waals surface area contributed by atoms with Crippen LogP contribution in [0.1, 0.15) is 0 Å². The Bertz CT molecular complexity index is 2090. The molecule has 0 spiro atoms. The molecule has 1 nitrogen and oxygen atoms in total. The molecule has 0 N–H and O–H groups in total. The fourth-order valence-electron chi connectivity index (χ4n) is 6.53. The van der Waals surface area contributed by atoms with Gasteiger partial charge in [-0.05, 0) is 15.6 Å². The van der Waals surface area contributed by atoms with Crippen LogP contribution in [0.15, 0.2) is 91.0 Å². The largest absolute Gasteiger partial charge is 1.00 e.